The molecule has 0 aliphatic carbocycles. The third kappa shape index (κ3) is 4.95. The monoisotopic (exact) mass is 381 g/mol. The summed E-state index contributed by atoms with van der Waals surface area (Å²) in [6.07, 6.45) is 2.61. The fraction of sp³-hybridized carbons (Fsp3) is 0.409. The molecule has 1 aliphatic rings. The van der Waals surface area contributed by atoms with Crippen molar-refractivity contribution in [1.82, 2.24) is 15.2 Å². The van der Waals surface area contributed by atoms with Crippen LogP contribution in [-0.4, -0.2) is 53.0 Å². The lowest BCUT2D eigenvalue weighted by atomic mass is 10.0. The van der Waals surface area contributed by atoms with Crippen molar-refractivity contribution in [3.05, 3.63) is 53.7 Å². The van der Waals surface area contributed by atoms with Crippen molar-refractivity contribution in [2.45, 2.75) is 20.3 Å². The Morgan fingerprint density at radius 3 is 2.71 bits per heavy atom. The molecule has 2 N–H and O–H groups in total. The second-order valence-electron chi connectivity index (χ2n) is 7.80. The number of benzene rings is 1. The summed E-state index contributed by atoms with van der Waals surface area (Å²) in [4.78, 5) is 30.6. The van der Waals surface area contributed by atoms with Gasteiger partial charge in [-0.05, 0) is 43.0 Å². The number of aromatic nitrogens is 1. The number of nitrogens with zero attached hydrogens (tertiary/aromatic N) is 2. The van der Waals surface area contributed by atoms with Gasteiger partial charge in [0.1, 0.15) is 0 Å². The molecule has 1 unspecified atom stereocenters. The van der Waals surface area contributed by atoms with Crippen LogP contribution in [0.1, 0.15) is 41.0 Å². The number of likely N-dealkylation sites (tertiary alicyclic amines) is 1. The molecule has 1 aromatic carbocycles. The van der Waals surface area contributed by atoms with Crippen molar-refractivity contribution in [2.24, 2.45) is 11.8 Å². The maximum absolute atomic E-state index is 12.4. The lowest BCUT2D eigenvalue weighted by molar-refractivity contribution is 0.0697. The Morgan fingerprint density at radius 2 is 2.04 bits per heavy atom. The van der Waals surface area contributed by atoms with E-state index in [1.165, 1.54) is 6.20 Å². The number of nitrogens with one attached hydrogen (secondary N) is 1. The highest BCUT2D eigenvalue weighted by Crippen LogP contribution is 2.22. The predicted octanol–water partition coefficient (Wildman–Crippen LogP) is 3.15. The molecule has 0 radical (unpaired) electrons. The minimum Gasteiger partial charge on any atom is -0.478 e. The topological polar surface area (TPSA) is 82.5 Å². The standard InChI is InChI=1S/C22H27N3O3/c1-15(2)13-25-10-9-16(14-25)11-24-21(26)17-7-8-20(23-12-17)18-5-3-4-6-19(18)22(27)28/h3-8,12,15-16H,9-11,13-14H2,1-2H3,(H,24,26)(H,27,28). The average Bonchev–Trinajstić information content (AvgIpc) is 3.12. The van der Waals surface area contributed by atoms with E-state index in [1.54, 1.807) is 36.4 Å². The number of rotatable bonds is 7. The number of carbonyl (C=O) groups excluding carboxylic acids is 1. The third-order valence-corrected chi connectivity index (χ3v) is 5.00. The van der Waals surface area contributed by atoms with Gasteiger partial charge in [0.25, 0.3) is 5.91 Å². The van der Waals surface area contributed by atoms with Crippen molar-refractivity contribution in [2.75, 3.05) is 26.2 Å². The molecule has 1 fully saturated rings. The first-order valence-electron chi connectivity index (χ1n) is 9.73. The van der Waals surface area contributed by atoms with Crippen molar-refractivity contribution in [3.8, 4) is 11.3 Å². The van der Waals surface area contributed by atoms with E-state index in [4.69, 9.17) is 0 Å². The van der Waals surface area contributed by atoms with Gasteiger partial charge in [-0.15, -0.1) is 0 Å². The van der Waals surface area contributed by atoms with Gasteiger partial charge in [0.2, 0.25) is 0 Å². The lowest BCUT2D eigenvalue weighted by Gasteiger charge is -2.18. The minimum absolute atomic E-state index is 0.145. The van der Waals surface area contributed by atoms with Gasteiger partial charge in [-0.3, -0.25) is 9.78 Å². The van der Waals surface area contributed by atoms with Crippen LogP contribution >= 0.6 is 0 Å². The van der Waals surface area contributed by atoms with Crippen molar-refractivity contribution in [3.63, 3.8) is 0 Å². The molecule has 2 aromatic rings. The van der Waals surface area contributed by atoms with Gasteiger partial charge in [-0.2, -0.15) is 0 Å². The second-order valence-corrected chi connectivity index (χ2v) is 7.80. The first-order valence-corrected chi connectivity index (χ1v) is 9.73. The molecule has 6 nitrogen and oxygen atoms in total. The molecule has 3 rings (SSSR count). The van der Waals surface area contributed by atoms with Gasteiger partial charge in [0.15, 0.2) is 0 Å². The molecular weight excluding hydrogens is 354 g/mol. The number of carboxylic acid groups (broad SMARTS) is 1. The predicted molar refractivity (Wildman–Crippen MR) is 108 cm³/mol. The molecule has 1 atom stereocenters. The zero-order chi connectivity index (χ0) is 20.1. The first-order chi connectivity index (χ1) is 13.4. The Bertz CT molecular complexity index is 833. The summed E-state index contributed by atoms with van der Waals surface area (Å²) in [6, 6.07) is 10.1. The molecule has 1 aliphatic heterocycles. The van der Waals surface area contributed by atoms with E-state index < -0.39 is 5.97 Å². The van der Waals surface area contributed by atoms with Gasteiger partial charge in [-0.25, -0.2) is 4.79 Å². The van der Waals surface area contributed by atoms with Gasteiger partial charge < -0.3 is 15.3 Å². The van der Waals surface area contributed by atoms with E-state index in [9.17, 15) is 14.7 Å². The van der Waals surface area contributed by atoms with Crippen LogP contribution in [0.15, 0.2) is 42.6 Å². The van der Waals surface area contributed by atoms with Gasteiger partial charge in [-0.1, -0.05) is 32.0 Å². The summed E-state index contributed by atoms with van der Waals surface area (Å²) in [5.41, 5.74) is 1.75. The van der Waals surface area contributed by atoms with Crippen molar-refractivity contribution >= 4 is 11.9 Å². The van der Waals surface area contributed by atoms with Crippen LogP contribution in [0, 0.1) is 11.8 Å². The molecule has 148 valence electrons. The van der Waals surface area contributed by atoms with E-state index in [2.05, 4.69) is 29.0 Å². The summed E-state index contributed by atoms with van der Waals surface area (Å²) in [5, 5.41) is 12.3. The van der Waals surface area contributed by atoms with Crippen LogP contribution in [0.3, 0.4) is 0 Å². The van der Waals surface area contributed by atoms with E-state index in [-0.39, 0.29) is 11.5 Å². The first kappa shape index (κ1) is 20.0. The maximum atomic E-state index is 12.4. The number of hydrogen-bond acceptors (Lipinski definition) is 4. The van der Waals surface area contributed by atoms with Crippen LogP contribution in [0.5, 0.6) is 0 Å². The number of carbonyl (C=O) groups is 2. The Kier molecular flexibility index (Phi) is 6.41. The Labute approximate surface area is 165 Å². The van der Waals surface area contributed by atoms with Gasteiger partial charge in [0.05, 0.1) is 16.8 Å². The molecule has 1 saturated heterocycles. The molecule has 1 amide bonds. The van der Waals surface area contributed by atoms with Gasteiger partial charge in [0, 0.05) is 31.4 Å². The summed E-state index contributed by atoms with van der Waals surface area (Å²) in [7, 11) is 0. The molecule has 2 heterocycles. The Morgan fingerprint density at radius 1 is 1.25 bits per heavy atom. The summed E-state index contributed by atoms with van der Waals surface area (Å²) >= 11 is 0. The normalized spacial score (nSPS) is 17.0. The van der Waals surface area contributed by atoms with Crippen molar-refractivity contribution in [1.29, 1.82) is 0 Å². The summed E-state index contributed by atoms with van der Waals surface area (Å²) in [6.45, 7) is 8.34. The largest absolute Gasteiger partial charge is 0.478 e. The number of carboxylic acids is 1. The fourth-order valence-corrected chi connectivity index (χ4v) is 3.68. The van der Waals surface area contributed by atoms with Crippen LogP contribution in [0.4, 0.5) is 0 Å². The summed E-state index contributed by atoms with van der Waals surface area (Å²) < 4.78 is 0. The molecule has 0 saturated carbocycles. The van der Waals surface area contributed by atoms with Crippen LogP contribution in [0.25, 0.3) is 11.3 Å². The van der Waals surface area contributed by atoms with E-state index in [0.717, 1.165) is 26.1 Å². The molecule has 0 bridgehead atoms. The highest BCUT2D eigenvalue weighted by molar-refractivity contribution is 5.96. The van der Waals surface area contributed by atoms with Crippen LogP contribution in [0.2, 0.25) is 0 Å². The van der Waals surface area contributed by atoms with E-state index >= 15 is 0 Å². The van der Waals surface area contributed by atoms with Crippen molar-refractivity contribution < 1.29 is 14.7 Å². The fourth-order valence-electron chi connectivity index (χ4n) is 3.68. The van der Waals surface area contributed by atoms with Crippen LogP contribution < -0.4 is 5.32 Å². The lowest BCUT2D eigenvalue weighted by Crippen LogP contribution is -2.31. The highest BCUT2D eigenvalue weighted by atomic mass is 16.4. The summed E-state index contributed by atoms with van der Waals surface area (Å²) in [5.74, 6) is -0.00302. The number of hydrogen-bond donors (Lipinski definition) is 2. The van der Waals surface area contributed by atoms with E-state index in [0.29, 0.717) is 35.2 Å². The third-order valence-electron chi connectivity index (χ3n) is 5.00. The highest BCUT2D eigenvalue weighted by Gasteiger charge is 2.23. The molecule has 1 aromatic heterocycles. The Balaban J connectivity index is 1.58. The zero-order valence-corrected chi connectivity index (χ0v) is 16.4. The van der Waals surface area contributed by atoms with Crippen LogP contribution in [-0.2, 0) is 0 Å². The molecular formula is C22H27N3O3. The average molecular weight is 381 g/mol. The SMILES string of the molecule is CC(C)CN1CCC(CNC(=O)c2ccc(-c3ccccc3C(=O)O)nc2)C1. The second kappa shape index (κ2) is 8.97. The number of aromatic carboxylic acids is 1. The molecule has 0 spiro atoms. The quantitative estimate of drug-likeness (QED) is 0.770. The minimum atomic E-state index is -0.998. The van der Waals surface area contributed by atoms with Gasteiger partial charge >= 0.3 is 5.97 Å². The molecule has 28 heavy (non-hydrogen) atoms. The maximum Gasteiger partial charge on any atom is 0.336 e. The smallest absolute Gasteiger partial charge is 0.336 e. The number of amides is 1. The zero-order valence-electron chi connectivity index (χ0n) is 16.4. The molecule has 6 heteroatoms. The van der Waals surface area contributed by atoms with E-state index in [1.807, 2.05) is 0 Å². The Hall–Kier alpha value is -2.73. The number of pyridine rings is 1.